The lowest BCUT2D eigenvalue weighted by Crippen LogP contribution is -2.33. The molecule has 0 amide bonds. The second-order valence-electron chi connectivity index (χ2n) is 8.01. The van der Waals surface area contributed by atoms with Crippen molar-refractivity contribution < 1.29 is 36.9 Å². The highest BCUT2D eigenvalue weighted by atomic mass is 19.2. The van der Waals surface area contributed by atoms with Crippen LogP contribution in [-0.2, 0) is 16.0 Å². The highest BCUT2D eigenvalue weighted by Crippen LogP contribution is 2.44. The summed E-state index contributed by atoms with van der Waals surface area (Å²) in [7, 11) is 0. The van der Waals surface area contributed by atoms with Gasteiger partial charge in [0.05, 0.1) is 25.2 Å². The van der Waals surface area contributed by atoms with Crippen LogP contribution in [0.5, 0.6) is 23.0 Å². The molecule has 2 aliphatic rings. The Labute approximate surface area is 184 Å². The molecule has 4 rings (SSSR count). The molecule has 2 atom stereocenters. The van der Waals surface area contributed by atoms with Gasteiger partial charge in [-0.2, -0.15) is 13.2 Å². The zero-order valence-electron chi connectivity index (χ0n) is 18.0. The fourth-order valence-electron chi connectivity index (χ4n) is 4.08. The number of ether oxygens (including phenoxy) is 4. The molecule has 1 fully saturated rings. The first-order valence-corrected chi connectivity index (χ1v) is 10.9. The van der Waals surface area contributed by atoms with Crippen LogP contribution in [0.25, 0.3) is 0 Å². The summed E-state index contributed by atoms with van der Waals surface area (Å²) in [5, 5.41) is 0. The van der Waals surface area contributed by atoms with Crippen molar-refractivity contribution in [1.82, 2.24) is 0 Å². The van der Waals surface area contributed by atoms with Crippen molar-refractivity contribution in [3.05, 3.63) is 46.8 Å². The van der Waals surface area contributed by atoms with E-state index >= 15 is 4.39 Å². The van der Waals surface area contributed by atoms with Gasteiger partial charge in [-0.1, -0.05) is 19.4 Å². The van der Waals surface area contributed by atoms with Gasteiger partial charge in [0.25, 0.3) is 0 Å². The summed E-state index contributed by atoms with van der Waals surface area (Å²) in [5.74, 6) is -5.68. The fourth-order valence-corrected chi connectivity index (χ4v) is 4.08. The summed E-state index contributed by atoms with van der Waals surface area (Å²) in [6.07, 6.45) is 3.53. The van der Waals surface area contributed by atoms with E-state index in [1.165, 1.54) is 12.1 Å². The normalized spacial score (nSPS) is 19.5. The van der Waals surface area contributed by atoms with E-state index in [9.17, 15) is 13.6 Å². The average Bonchev–Trinajstić information content (AvgIpc) is 2.79. The van der Waals surface area contributed by atoms with E-state index in [0.29, 0.717) is 17.5 Å². The summed E-state index contributed by atoms with van der Waals surface area (Å²) in [5.41, 5.74) is 0.761. The number of esters is 1. The van der Waals surface area contributed by atoms with Gasteiger partial charge in [-0.15, -0.1) is 0 Å². The van der Waals surface area contributed by atoms with Crippen LogP contribution >= 0.6 is 0 Å². The lowest BCUT2D eigenvalue weighted by Gasteiger charge is -2.28. The van der Waals surface area contributed by atoms with E-state index in [2.05, 4.69) is 6.92 Å². The van der Waals surface area contributed by atoms with Gasteiger partial charge >= 0.3 is 5.97 Å². The summed E-state index contributed by atoms with van der Waals surface area (Å²) in [6.45, 7) is 4.12. The second kappa shape index (κ2) is 9.40. The van der Waals surface area contributed by atoms with Crippen LogP contribution in [-0.4, -0.2) is 25.3 Å². The molecule has 0 N–H and O–H groups in total. The summed E-state index contributed by atoms with van der Waals surface area (Å²) in [4.78, 5) is 12.5. The Bertz CT molecular complexity index is 1020. The minimum absolute atomic E-state index is 0.113. The third kappa shape index (κ3) is 4.28. The Morgan fingerprint density at radius 1 is 1.03 bits per heavy atom. The van der Waals surface area contributed by atoms with Crippen LogP contribution in [0.4, 0.5) is 13.2 Å². The van der Waals surface area contributed by atoms with Crippen LogP contribution in [0.1, 0.15) is 50.7 Å². The van der Waals surface area contributed by atoms with Crippen molar-refractivity contribution in [3.63, 3.8) is 0 Å². The quantitative estimate of drug-likeness (QED) is 0.356. The van der Waals surface area contributed by atoms with Gasteiger partial charge in [0.15, 0.2) is 23.0 Å². The summed E-state index contributed by atoms with van der Waals surface area (Å²) < 4.78 is 65.4. The third-order valence-corrected chi connectivity index (χ3v) is 5.76. The maximum atomic E-state index is 15.1. The van der Waals surface area contributed by atoms with E-state index in [0.717, 1.165) is 19.3 Å². The Balaban J connectivity index is 1.52. The summed E-state index contributed by atoms with van der Waals surface area (Å²) >= 11 is 0. The Kier molecular flexibility index (Phi) is 6.60. The number of halogens is 3. The van der Waals surface area contributed by atoms with E-state index < -0.39 is 35.1 Å². The molecule has 1 saturated heterocycles. The van der Waals surface area contributed by atoms with E-state index in [-0.39, 0.29) is 43.0 Å². The van der Waals surface area contributed by atoms with Crippen molar-refractivity contribution in [1.29, 1.82) is 0 Å². The molecule has 0 bridgehead atoms. The maximum absolute atomic E-state index is 15.1. The topological polar surface area (TPSA) is 54.0 Å². The third-order valence-electron chi connectivity index (χ3n) is 5.76. The van der Waals surface area contributed by atoms with Gasteiger partial charge in [0.1, 0.15) is 0 Å². The molecule has 0 spiro atoms. The van der Waals surface area contributed by atoms with Crippen molar-refractivity contribution in [3.8, 4) is 23.0 Å². The van der Waals surface area contributed by atoms with Gasteiger partial charge in [-0.25, -0.2) is 0 Å². The van der Waals surface area contributed by atoms with Gasteiger partial charge in [0.2, 0.25) is 17.5 Å². The maximum Gasteiger partial charge on any atom is 0.316 e. The molecule has 0 aliphatic carbocycles. The Morgan fingerprint density at radius 3 is 2.50 bits per heavy atom. The average molecular weight is 450 g/mol. The first-order chi connectivity index (χ1) is 15.4. The number of rotatable bonds is 6. The second-order valence-corrected chi connectivity index (χ2v) is 8.01. The molecular formula is C24H25F3O5. The number of fused-ring (bicyclic) bond motifs is 2. The monoisotopic (exact) mass is 450 g/mol. The first-order valence-electron chi connectivity index (χ1n) is 10.9. The molecule has 0 saturated carbocycles. The molecule has 2 aromatic rings. The smallest absolute Gasteiger partial charge is 0.316 e. The summed E-state index contributed by atoms with van der Waals surface area (Å²) in [6, 6.07) is 4.23. The predicted octanol–water partition coefficient (Wildman–Crippen LogP) is 5.70. The molecule has 172 valence electrons. The van der Waals surface area contributed by atoms with Gasteiger partial charge in [-0.05, 0) is 38.3 Å². The number of carbonyl (C=O) groups excluding carboxylic acids is 1. The zero-order valence-corrected chi connectivity index (χ0v) is 18.0. The minimum Gasteiger partial charge on any atom is -0.491 e. The molecule has 5 nitrogen and oxygen atoms in total. The molecule has 8 heteroatoms. The van der Waals surface area contributed by atoms with Crippen LogP contribution in [0.2, 0.25) is 0 Å². The van der Waals surface area contributed by atoms with Gasteiger partial charge in [0, 0.05) is 17.5 Å². The molecule has 0 aromatic heterocycles. The lowest BCUT2D eigenvalue weighted by molar-refractivity contribution is -0.145. The van der Waals surface area contributed by atoms with Crippen LogP contribution in [0.15, 0.2) is 18.2 Å². The number of carbonyl (C=O) groups is 1. The molecule has 2 unspecified atom stereocenters. The standard InChI is InChI=1S/C24H25F3O5/c1-3-5-16-8-6-14(12-30-16)24(28)31-17-9-7-13-10-15-11-18(29-4-2)19(25)21(27)23(15)32-22(13)20(17)26/h7,9,11,14,16H,3-6,8,10,12H2,1-2H3. The van der Waals surface area contributed by atoms with Gasteiger partial charge in [-0.3, -0.25) is 4.79 Å². The highest BCUT2D eigenvalue weighted by Gasteiger charge is 2.32. The molecule has 0 radical (unpaired) electrons. The van der Waals surface area contributed by atoms with E-state index in [4.69, 9.17) is 18.9 Å². The number of benzene rings is 2. The van der Waals surface area contributed by atoms with E-state index in [1.807, 2.05) is 0 Å². The minimum atomic E-state index is -1.25. The number of hydrogen-bond donors (Lipinski definition) is 0. The SMILES string of the molecule is CCCC1CCC(C(=O)Oc2ccc3c(c2F)Oc2c(cc(OCC)c(F)c2F)C3)CO1. The van der Waals surface area contributed by atoms with Crippen LogP contribution in [0, 0.1) is 23.4 Å². The van der Waals surface area contributed by atoms with Crippen LogP contribution < -0.4 is 14.2 Å². The highest BCUT2D eigenvalue weighted by molar-refractivity contribution is 5.75. The molecule has 2 aliphatic heterocycles. The van der Waals surface area contributed by atoms with Crippen molar-refractivity contribution >= 4 is 5.97 Å². The largest absolute Gasteiger partial charge is 0.491 e. The van der Waals surface area contributed by atoms with Crippen molar-refractivity contribution in [2.45, 2.75) is 52.1 Å². The van der Waals surface area contributed by atoms with Gasteiger partial charge < -0.3 is 18.9 Å². The number of hydrogen-bond acceptors (Lipinski definition) is 5. The lowest BCUT2D eigenvalue weighted by atomic mass is 9.96. The first kappa shape index (κ1) is 22.5. The molecular weight excluding hydrogens is 425 g/mol. The van der Waals surface area contributed by atoms with E-state index in [1.54, 1.807) is 13.0 Å². The van der Waals surface area contributed by atoms with Crippen LogP contribution in [0.3, 0.4) is 0 Å². The Morgan fingerprint density at radius 2 is 1.81 bits per heavy atom. The molecule has 2 aromatic carbocycles. The molecule has 2 heterocycles. The Hall–Kier alpha value is -2.74. The fraction of sp³-hybridized carbons (Fsp3) is 0.458. The van der Waals surface area contributed by atoms with Crippen molar-refractivity contribution in [2.75, 3.05) is 13.2 Å². The van der Waals surface area contributed by atoms with Crippen molar-refractivity contribution in [2.24, 2.45) is 5.92 Å². The molecule has 32 heavy (non-hydrogen) atoms. The predicted molar refractivity (Wildman–Crippen MR) is 110 cm³/mol. The zero-order chi connectivity index (χ0) is 22.8.